The normalized spacial score (nSPS) is 18.6. The van der Waals surface area contributed by atoms with Crippen molar-refractivity contribution >= 4 is 17.7 Å². The highest BCUT2D eigenvalue weighted by Gasteiger charge is 2.44. The molecule has 0 radical (unpaired) electrons. The van der Waals surface area contributed by atoms with Crippen LogP contribution in [0.3, 0.4) is 0 Å². The number of nitrogens with one attached hydrogen (secondary N) is 2. The molecule has 2 heterocycles. The van der Waals surface area contributed by atoms with Crippen LogP contribution in [0.15, 0.2) is 48.8 Å². The molecule has 7 nitrogen and oxygen atoms in total. The van der Waals surface area contributed by atoms with Gasteiger partial charge in [-0.2, -0.15) is 0 Å². The van der Waals surface area contributed by atoms with Crippen LogP contribution in [0.25, 0.3) is 0 Å². The van der Waals surface area contributed by atoms with E-state index in [1.807, 2.05) is 38.1 Å². The van der Waals surface area contributed by atoms with Gasteiger partial charge in [0.25, 0.3) is 5.91 Å². The van der Waals surface area contributed by atoms with Crippen molar-refractivity contribution in [1.82, 2.24) is 20.5 Å². The van der Waals surface area contributed by atoms with Crippen LogP contribution in [-0.4, -0.2) is 47.2 Å². The molecule has 1 fully saturated rings. The summed E-state index contributed by atoms with van der Waals surface area (Å²) in [6, 6.07) is 11.0. The molecular formula is C22H26N4O3. The second-order valence-electron chi connectivity index (χ2n) is 7.08. The number of pyridine rings is 1. The van der Waals surface area contributed by atoms with Crippen LogP contribution in [0.5, 0.6) is 0 Å². The summed E-state index contributed by atoms with van der Waals surface area (Å²) in [7, 11) is 0. The summed E-state index contributed by atoms with van der Waals surface area (Å²) in [4.78, 5) is 43.0. The van der Waals surface area contributed by atoms with Gasteiger partial charge in [-0.05, 0) is 37.1 Å². The van der Waals surface area contributed by atoms with Crippen LogP contribution in [0.4, 0.5) is 0 Å². The number of amides is 3. The molecule has 1 aliphatic heterocycles. The van der Waals surface area contributed by atoms with Crippen molar-refractivity contribution in [3.63, 3.8) is 0 Å². The van der Waals surface area contributed by atoms with E-state index in [0.29, 0.717) is 25.2 Å². The lowest BCUT2D eigenvalue weighted by Crippen LogP contribution is -2.39. The first-order valence-corrected chi connectivity index (χ1v) is 9.83. The molecule has 2 N–H and O–H groups in total. The zero-order chi connectivity index (χ0) is 20.8. The fraction of sp³-hybridized carbons (Fsp3) is 0.364. The van der Waals surface area contributed by atoms with Gasteiger partial charge < -0.3 is 15.5 Å². The Morgan fingerprint density at radius 3 is 2.59 bits per heavy atom. The Balaban J connectivity index is 1.61. The van der Waals surface area contributed by atoms with Gasteiger partial charge in [0.1, 0.15) is 0 Å². The van der Waals surface area contributed by atoms with E-state index in [1.54, 1.807) is 23.2 Å². The first-order valence-electron chi connectivity index (χ1n) is 9.83. The highest BCUT2D eigenvalue weighted by Crippen LogP contribution is 2.39. The number of likely N-dealkylation sites (tertiary alicyclic amines) is 1. The first kappa shape index (κ1) is 20.5. The Labute approximate surface area is 170 Å². The van der Waals surface area contributed by atoms with E-state index in [2.05, 4.69) is 15.6 Å². The number of aryl methyl sites for hydroxylation is 1. The largest absolute Gasteiger partial charge is 0.354 e. The van der Waals surface area contributed by atoms with Gasteiger partial charge >= 0.3 is 0 Å². The predicted octanol–water partition coefficient (Wildman–Crippen LogP) is 1.85. The summed E-state index contributed by atoms with van der Waals surface area (Å²) in [6.45, 7) is 5.07. The maximum atomic E-state index is 12.8. The van der Waals surface area contributed by atoms with Crippen molar-refractivity contribution in [2.24, 2.45) is 5.92 Å². The molecule has 1 aliphatic rings. The molecular weight excluding hydrogens is 368 g/mol. The molecule has 152 valence electrons. The standard InChI is InChI=1S/C22H26N4O3/c1-3-26-19(27)13-18(20(26)17-9-5-4-7-15(17)2)22(29)25-12-11-24-21(28)16-8-6-10-23-14-16/h4-10,14,18,20H,3,11-13H2,1-2H3,(H,24,28)(H,25,29)/t18-,20+/m1/s1. The smallest absolute Gasteiger partial charge is 0.252 e. The zero-order valence-electron chi connectivity index (χ0n) is 16.7. The van der Waals surface area contributed by atoms with Crippen molar-refractivity contribution in [3.8, 4) is 0 Å². The summed E-state index contributed by atoms with van der Waals surface area (Å²) in [5, 5.41) is 5.62. The van der Waals surface area contributed by atoms with Crippen molar-refractivity contribution in [1.29, 1.82) is 0 Å². The molecule has 0 unspecified atom stereocenters. The average Bonchev–Trinajstić information content (AvgIpc) is 3.08. The molecule has 1 aromatic carbocycles. The van der Waals surface area contributed by atoms with Gasteiger partial charge in [-0.25, -0.2) is 0 Å². The highest BCUT2D eigenvalue weighted by atomic mass is 16.2. The maximum absolute atomic E-state index is 12.8. The van der Waals surface area contributed by atoms with E-state index in [-0.39, 0.29) is 30.2 Å². The minimum atomic E-state index is -0.447. The van der Waals surface area contributed by atoms with Gasteiger partial charge in [0, 0.05) is 38.4 Å². The van der Waals surface area contributed by atoms with E-state index in [1.165, 1.54) is 6.20 Å². The quantitative estimate of drug-likeness (QED) is 0.701. The van der Waals surface area contributed by atoms with Crippen molar-refractivity contribution in [2.45, 2.75) is 26.3 Å². The van der Waals surface area contributed by atoms with Gasteiger partial charge in [-0.1, -0.05) is 24.3 Å². The third kappa shape index (κ3) is 4.62. The molecule has 0 saturated carbocycles. The summed E-state index contributed by atoms with van der Waals surface area (Å²) in [6.07, 6.45) is 3.29. The van der Waals surface area contributed by atoms with Crippen LogP contribution < -0.4 is 10.6 Å². The Morgan fingerprint density at radius 1 is 1.14 bits per heavy atom. The number of rotatable bonds is 7. The molecule has 2 aromatic rings. The zero-order valence-corrected chi connectivity index (χ0v) is 16.7. The number of carbonyl (C=O) groups excluding carboxylic acids is 3. The first-order chi connectivity index (χ1) is 14.0. The van der Waals surface area contributed by atoms with E-state index in [4.69, 9.17) is 0 Å². The number of nitrogens with zero attached hydrogens (tertiary/aromatic N) is 2. The van der Waals surface area contributed by atoms with Crippen LogP contribution in [0.1, 0.15) is 40.9 Å². The Hall–Kier alpha value is -3.22. The monoisotopic (exact) mass is 394 g/mol. The lowest BCUT2D eigenvalue weighted by Gasteiger charge is -2.28. The highest BCUT2D eigenvalue weighted by molar-refractivity contribution is 5.94. The van der Waals surface area contributed by atoms with Gasteiger partial charge in [-0.3, -0.25) is 19.4 Å². The SMILES string of the molecule is CCN1C(=O)C[C@@H](C(=O)NCCNC(=O)c2cccnc2)[C@@H]1c1ccccc1C. The molecule has 7 heteroatoms. The molecule has 0 bridgehead atoms. The predicted molar refractivity (Wildman–Crippen MR) is 109 cm³/mol. The number of benzene rings is 1. The van der Waals surface area contributed by atoms with Crippen molar-refractivity contribution < 1.29 is 14.4 Å². The molecule has 2 atom stereocenters. The Bertz CT molecular complexity index is 885. The lowest BCUT2D eigenvalue weighted by molar-refractivity contribution is -0.129. The number of carbonyl (C=O) groups is 3. The van der Waals surface area contributed by atoms with Crippen LogP contribution in [-0.2, 0) is 9.59 Å². The lowest BCUT2D eigenvalue weighted by atomic mass is 9.90. The third-order valence-corrected chi connectivity index (χ3v) is 5.25. The minimum absolute atomic E-state index is 0.00853. The Kier molecular flexibility index (Phi) is 6.59. The van der Waals surface area contributed by atoms with Crippen LogP contribution in [0.2, 0.25) is 0 Å². The fourth-order valence-corrected chi connectivity index (χ4v) is 3.79. The molecule has 0 spiro atoms. The van der Waals surface area contributed by atoms with E-state index in [0.717, 1.165) is 11.1 Å². The molecule has 29 heavy (non-hydrogen) atoms. The third-order valence-electron chi connectivity index (χ3n) is 5.25. The summed E-state index contributed by atoms with van der Waals surface area (Å²) >= 11 is 0. The Morgan fingerprint density at radius 2 is 1.90 bits per heavy atom. The van der Waals surface area contributed by atoms with Crippen molar-refractivity contribution in [2.75, 3.05) is 19.6 Å². The van der Waals surface area contributed by atoms with Gasteiger partial charge in [0.15, 0.2) is 0 Å². The fourth-order valence-electron chi connectivity index (χ4n) is 3.79. The summed E-state index contributed by atoms with van der Waals surface area (Å²) < 4.78 is 0. The van der Waals surface area contributed by atoms with Crippen molar-refractivity contribution in [3.05, 3.63) is 65.5 Å². The topological polar surface area (TPSA) is 91.4 Å². The molecule has 3 rings (SSSR count). The van der Waals surface area contributed by atoms with E-state index < -0.39 is 5.92 Å². The number of hydrogen-bond donors (Lipinski definition) is 2. The minimum Gasteiger partial charge on any atom is -0.354 e. The molecule has 3 amide bonds. The maximum Gasteiger partial charge on any atom is 0.252 e. The molecule has 1 aromatic heterocycles. The average molecular weight is 394 g/mol. The van der Waals surface area contributed by atoms with E-state index in [9.17, 15) is 14.4 Å². The molecule has 1 saturated heterocycles. The van der Waals surface area contributed by atoms with Crippen LogP contribution >= 0.6 is 0 Å². The van der Waals surface area contributed by atoms with Gasteiger partial charge in [0.05, 0.1) is 17.5 Å². The number of hydrogen-bond acceptors (Lipinski definition) is 4. The van der Waals surface area contributed by atoms with Gasteiger partial charge in [-0.15, -0.1) is 0 Å². The summed E-state index contributed by atoms with van der Waals surface area (Å²) in [5.74, 6) is -0.861. The number of aromatic nitrogens is 1. The summed E-state index contributed by atoms with van der Waals surface area (Å²) in [5.41, 5.74) is 2.54. The van der Waals surface area contributed by atoms with E-state index >= 15 is 0 Å². The second-order valence-corrected chi connectivity index (χ2v) is 7.08. The van der Waals surface area contributed by atoms with Gasteiger partial charge in [0.2, 0.25) is 11.8 Å². The molecule has 0 aliphatic carbocycles. The van der Waals surface area contributed by atoms with Crippen LogP contribution in [0, 0.1) is 12.8 Å². The second kappa shape index (κ2) is 9.32.